The van der Waals surface area contributed by atoms with Gasteiger partial charge in [0, 0.05) is 6.42 Å². The van der Waals surface area contributed by atoms with E-state index in [9.17, 15) is 4.79 Å². The van der Waals surface area contributed by atoms with Crippen LogP contribution in [0, 0.1) is 35.2 Å². The zero-order chi connectivity index (χ0) is 16.2. The van der Waals surface area contributed by atoms with E-state index in [2.05, 4.69) is 18.7 Å². The van der Waals surface area contributed by atoms with Crippen molar-refractivity contribution < 1.29 is 4.79 Å². The fraction of sp³-hybridized carbons (Fsp3) is 0.714. The summed E-state index contributed by atoms with van der Waals surface area (Å²) >= 11 is 0. The van der Waals surface area contributed by atoms with Crippen LogP contribution < -0.4 is 0 Å². The second-order valence-electron chi connectivity index (χ2n) is 8.75. The molecule has 0 unspecified atom stereocenters. The van der Waals surface area contributed by atoms with Crippen molar-refractivity contribution in [1.29, 1.82) is 0 Å². The van der Waals surface area contributed by atoms with Crippen LogP contribution in [0.4, 0.5) is 0 Å². The quantitative estimate of drug-likeness (QED) is 0.555. The monoisotopic (exact) mass is 309 g/mol. The number of rotatable bonds is 0. The number of allylic oxidation sites excluding steroid dienone is 2. The minimum Gasteiger partial charge on any atom is -0.295 e. The van der Waals surface area contributed by atoms with E-state index in [0.29, 0.717) is 5.78 Å². The van der Waals surface area contributed by atoms with Gasteiger partial charge in [-0.1, -0.05) is 25.0 Å². The molecule has 0 heterocycles. The molecule has 122 valence electrons. The summed E-state index contributed by atoms with van der Waals surface area (Å²) in [6.07, 6.45) is 12.9. The molecule has 0 aliphatic heterocycles. The molecule has 0 radical (unpaired) electrons. The van der Waals surface area contributed by atoms with Crippen molar-refractivity contribution in [2.75, 3.05) is 0 Å². The maximum Gasteiger partial charge on any atom is 0.155 e. The largest absolute Gasteiger partial charge is 0.295 e. The van der Waals surface area contributed by atoms with Gasteiger partial charge in [-0.25, -0.2) is 4.85 Å². The molecule has 4 aliphatic carbocycles. The van der Waals surface area contributed by atoms with Gasteiger partial charge in [0.25, 0.3) is 0 Å². The Kier molecular flexibility index (Phi) is 3.34. The van der Waals surface area contributed by atoms with Crippen molar-refractivity contribution in [3.8, 4) is 0 Å². The van der Waals surface area contributed by atoms with Gasteiger partial charge in [-0.05, 0) is 79.6 Å². The highest BCUT2D eigenvalue weighted by Gasteiger charge is 2.57. The van der Waals surface area contributed by atoms with Gasteiger partial charge in [0.1, 0.15) is 0 Å². The zero-order valence-electron chi connectivity index (χ0n) is 14.4. The van der Waals surface area contributed by atoms with Crippen molar-refractivity contribution in [2.45, 2.75) is 65.2 Å². The molecule has 2 nitrogen and oxygen atoms in total. The molecule has 0 aromatic heterocycles. The molecule has 3 saturated carbocycles. The summed E-state index contributed by atoms with van der Waals surface area (Å²) in [5.74, 6) is 2.65. The van der Waals surface area contributed by atoms with Crippen LogP contribution in [0.15, 0.2) is 23.4 Å². The summed E-state index contributed by atoms with van der Waals surface area (Å²) in [7, 11) is 0. The number of nitrogens with zero attached hydrogens (tertiary/aromatic N) is 1. The lowest BCUT2D eigenvalue weighted by molar-refractivity contribution is -0.117. The van der Waals surface area contributed by atoms with Crippen LogP contribution in [0.5, 0.6) is 0 Å². The number of hydrogen-bond acceptors (Lipinski definition) is 1. The highest BCUT2D eigenvalue weighted by atomic mass is 16.1. The molecule has 0 bridgehead atoms. The normalized spacial score (nSPS) is 47.3. The highest BCUT2D eigenvalue weighted by molar-refractivity contribution is 5.91. The molecule has 0 saturated heterocycles. The van der Waals surface area contributed by atoms with Gasteiger partial charge in [0.05, 0.1) is 6.57 Å². The summed E-state index contributed by atoms with van der Waals surface area (Å²) in [6.45, 7) is 12.1. The standard InChI is InChI=1S/C21H27NO/c1-20-10-8-16(23)12-14(20)4-6-17-18-7-5-15(13-22-3)21(18,2)11-9-19(17)20/h12-13,17-19H,4-11H2,1-2H3/b15-13-/t17-,18-,19-,20-,21+/m0/s1. The Morgan fingerprint density at radius 1 is 1.09 bits per heavy atom. The maximum absolute atomic E-state index is 11.9. The van der Waals surface area contributed by atoms with E-state index >= 15 is 0 Å². The number of carbonyl (C=O) groups is 1. The first-order valence-corrected chi connectivity index (χ1v) is 9.29. The highest BCUT2D eigenvalue weighted by Crippen LogP contribution is 2.66. The SMILES string of the molecule is [C-]#[N+]/C=C1/CC[C@H]2[C@@H]3CCC4=CC(=O)CC[C@]4(C)[C@H]3CC[C@]12C. The molecular weight excluding hydrogens is 282 g/mol. The molecule has 0 aromatic rings. The first-order chi connectivity index (χ1) is 11.0. The van der Waals surface area contributed by atoms with Crippen LogP contribution in [0.1, 0.15) is 65.2 Å². The van der Waals surface area contributed by atoms with E-state index in [1.165, 1.54) is 36.8 Å². The lowest BCUT2D eigenvalue weighted by Crippen LogP contribution is -2.49. The lowest BCUT2D eigenvalue weighted by Gasteiger charge is -2.57. The number of hydrogen-bond donors (Lipinski definition) is 0. The molecular formula is C21H27NO. The summed E-state index contributed by atoms with van der Waals surface area (Å²) in [6, 6.07) is 0. The Bertz CT molecular complexity index is 651. The molecule has 0 spiro atoms. The molecule has 5 atom stereocenters. The molecule has 4 rings (SSSR count). The summed E-state index contributed by atoms with van der Waals surface area (Å²) in [5, 5.41) is 0. The van der Waals surface area contributed by atoms with Gasteiger partial charge in [-0.15, -0.1) is 0 Å². The number of fused-ring (bicyclic) bond motifs is 5. The average Bonchev–Trinajstić information content (AvgIpc) is 2.85. The first kappa shape index (κ1) is 15.2. The molecule has 23 heavy (non-hydrogen) atoms. The van der Waals surface area contributed by atoms with E-state index in [0.717, 1.165) is 43.4 Å². The van der Waals surface area contributed by atoms with Crippen molar-refractivity contribution in [2.24, 2.45) is 28.6 Å². The fourth-order valence-electron chi connectivity index (χ4n) is 6.70. The second-order valence-corrected chi connectivity index (χ2v) is 8.75. The predicted molar refractivity (Wildman–Crippen MR) is 91.4 cm³/mol. The molecule has 0 amide bonds. The third-order valence-corrected chi connectivity index (χ3v) is 8.03. The molecule has 3 fully saturated rings. The van der Waals surface area contributed by atoms with E-state index < -0.39 is 0 Å². The van der Waals surface area contributed by atoms with Crippen LogP contribution >= 0.6 is 0 Å². The van der Waals surface area contributed by atoms with Gasteiger partial charge < -0.3 is 0 Å². The second kappa shape index (κ2) is 5.07. The van der Waals surface area contributed by atoms with Crippen LogP contribution in [-0.4, -0.2) is 5.78 Å². The van der Waals surface area contributed by atoms with Crippen molar-refractivity contribution >= 4 is 5.78 Å². The third kappa shape index (κ3) is 2.02. The topological polar surface area (TPSA) is 21.4 Å². The van der Waals surface area contributed by atoms with Crippen LogP contribution in [0.3, 0.4) is 0 Å². The number of carbonyl (C=O) groups excluding carboxylic acids is 1. The Balaban J connectivity index is 1.69. The van der Waals surface area contributed by atoms with E-state index in [1.807, 2.05) is 12.3 Å². The predicted octanol–water partition coefficient (Wildman–Crippen LogP) is 5.32. The Hall–Kier alpha value is -1.36. The van der Waals surface area contributed by atoms with E-state index in [-0.39, 0.29) is 10.8 Å². The zero-order valence-corrected chi connectivity index (χ0v) is 14.4. The minimum absolute atomic E-state index is 0.268. The number of ketones is 1. The van der Waals surface area contributed by atoms with Gasteiger partial charge in [0.15, 0.2) is 12.0 Å². The van der Waals surface area contributed by atoms with Crippen LogP contribution in [-0.2, 0) is 4.79 Å². The van der Waals surface area contributed by atoms with Crippen molar-refractivity contribution in [3.05, 3.63) is 34.8 Å². The van der Waals surface area contributed by atoms with Crippen molar-refractivity contribution in [3.63, 3.8) is 0 Å². The Labute approximate surface area is 139 Å². The minimum atomic E-state index is 0.268. The first-order valence-electron chi connectivity index (χ1n) is 9.29. The molecule has 4 aliphatic rings. The van der Waals surface area contributed by atoms with Gasteiger partial charge in [0.2, 0.25) is 0 Å². The summed E-state index contributed by atoms with van der Waals surface area (Å²) < 4.78 is 0. The van der Waals surface area contributed by atoms with Crippen LogP contribution in [0.2, 0.25) is 0 Å². The van der Waals surface area contributed by atoms with Gasteiger partial charge in [-0.3, -0.25) is 4.79 Å². The maximum atomic E-state index is 11.9. The van der Waals surface area contributed by atoms with E-state index in [4.69, 9.17) is 6.57 Å². The average molecular weight is 309 g/mol. The van der Waals surface area contributed by atoms with E-state index in [1.54, 1.807) is 0 Å². The van der Waals surface area contributed by atoms with Crippen LogP contribution in [0.25, 0.3) is 4.85 Å². The molecule has 0 aromatic carbocycles. The summed E-state index contributed by atoms with van der Waals surface area (Å²) in [4.78, 5) is 15.4. The van der Waals surface area contributed by atoms with Gasteiger partial charge >= 0.3 is 0 Å². The third-order valence-electron chi connectivity index (χ3n) is 8.03. The smallest absolute Gasteiger partial charge is 0.155 e. The molecule has 0 N–H and O–H groups in total. The van der Waals surface area contributed by atoms with Gasteiger partial charge in [-0.2, -0.15) is 0 Å². The van der Waals surface area contributed by atoms with Crippen molar-refractivity contribution in [1.82, 2.24) is 0 Å². The summed E-state index contributed by atoms with van der Waals surface area (Å²) in [5.41, 5.74) is 3.41. The fourth-order valence-corrected chi connectivity index (χ4v) is 6.70. The Morgan fingerprint density at radius 3 is 2.65 bits per heavy atom. The Morgan fingerprint density at radius 2 is 1.87 bits per heavy atom. The lowest BCUT2D eigenvalue weighted by atomic mass is 9.47. The molecule has 2 heteroatoms.